The second-order valence-electron chi connectivity index (χ2n) is 4.77. The maximum atomic E-state index is 11.7. The van der Waals surface area contributed by atoms with Gasteiger partial charge in [0.2, 0.25) is 11.0 Å². The molecule has 0 saturated carbocycles. The highest BCUT2D eigenvalue weighted by Crippen LogP contribution is 2.14. The second-order valence-corrected chi connectivity index (χ2v) is 5.86. The fourth-order valence-corrected chi connectivity index (χ4v) is 2.66. The third kappa shape index (κ3) is 5.03. The Kier molecular flexibility index (Phi) is 6.04. The predicted octanol–water partition coefficient (Wildman–Crippen LogP) is 1.66. The molecule has 122 valence electrons. The lowest BCUT2D eigenvalue weighted by Gasteiger charge is -2.20. The Morgan fingerprint density at radius 3 is 2.57 bits per heavy atom. The van der Waals surface area contributed by atoms with Crippen LogP contribution in [0.15, 0.2) is 29.4 Å². The minimum Gasteiger partial charge on any atom is -0.374 e. The molecule has 1 aromatic heterocycles. The topological polar surface area (TPSA) is 96.5 Å². The molecule has 1 amide bonds. The number of carbonyl (C=O) groups excluding carboxylic acids is 1. The van der Waals surface area contributed by atoms with Crippen LogP contribution in [0.3, 0.4) is 0 Å². The number of hydrogen-bond acceptors (Lipinski definition) is 7. The maximum Gasteiger partial charge on any atom is 0.247 e. The zero-order chi connectivity index (χ0) is 16.7. The number of nitrogens with one attached hydrogen (secondary N) is 1. The standard InChI is InChI=1S/C15H20N6OS/c1-3-21(4-2)12-7-5-11(6-8-12)10-17-18-13(22)9-14-19-20-15(16)23-14/h5-8,10H,3-4,9H2,1-2H3,(H2,16,20)(H,18,22)/b17-10-. The molecule has 3 N–H and O–H groups in total. The number of amides is 1. The van der Waals surface area contributed by atoms with Gasteiger partial charge in [0.1, 0.15) is 5.01 Å². The first kappa shape index (κ1) is 16.9. The average molecular weight is 332 g/mol. The second kappa shape index (κ2) is 8.23. The van der Waals surface area contributed by atoms with Crippen molar-refractivity contribution in [3.8, 4) is 0 Å². The van der Waals surface area contributed by atoms with Crippen LogP contribution in [0.5, 0.6) is 0 Å². The number of hydrazone groups is 1. The first-order chi connectivity index (χ1) is 11.1. The monoisotopic (exact) mass is 332 g/mol. The molecule has 1 heterocycles. The molecule has 8 heteroatoms. The number of hydrogen-bond donors (Lipinski definition) is 2. The maximum absolute atomic E-state index is 11.7. The van der Waals surface area contributed by atoms with Gasteiger partial charge >= 0.3 is 0 Å². The lowest BCUT2D eigenvalue weighted by molar-refractivity contribution is -0.120. The number of benzene rings is 1. The van der Waals surface area contributed by atoms with Gasteiger partial charge in [-0.15, -0.1) is 10.2 Å². The van der Waals surface area contributed by atoms with Crippen molar-refractivity contribution in [2.75, 3.05) is 23.7 Å². The van der Waals surface area contributed by atoms with E-state index in [9.17, 15) is 4.79 Å². The third-order valence-electron chi connectivity index (χ3n) is 3.22. The van der Waals surface area contributed by atoms with E-state index in [1.165, 1.54) is 17.0 Å². The van der Waals surface area contributed by atoms with E-state index >= 15 is 0 Å². The number of nitrogens with zero attached hydrogens (tertiary/aromatic N) is 4. The highest BCUT2D eigenvalue weighted by atomic mass is 32.1. The lowest BCUT2D eigenvalue weighted by Crippen LogP contribution is -2.21. The lowest BCUT2D eigenvalue weighted by atomic mass is 10.2. The average Bonchev–Trinajstić information content (AvgIpc) is 2.95. The van der Waals surface area contributed by atoms with Crippen molar-refractivity contribution in [3.63, 3.8) is 0 Å². The van der Waals surface area contributed by atoms with E-state index in [0.29, 0.717) is 10.1 Å². The Hall–Kier alpha value is -2.48. The first-order valence-electron chi connectivity index (χ1n) is 7.37. The Balaban J connectivity index is 1.86. The Morgan fingerprint density at radius 1 is 1.30 bits per heavy atom. The van der Waals surface area contributed by atoms with E-state index in [4.69, 9.17) is 5.73 Å². The van der Waals surface area contributed by atoms with E-state index in [1.54, 1.807) is 6.21 Å². The van der Waals surface area contributed by atoms with Crippen molar-refractivity contribution >= 4 is 34.3 Å². The zero-order valence-corrected chi connectivity index (χ0v) is 14.0. The number of nitrogens with two attached hydrogens (primary N) is 1. The number of nitrogen functional groups attached to an aromatic ring is 1. The minimum absolute atomic E-state index is 0.118. The van der Waals surface area contributed by atoms with Gasteiger partial charge in [-0.3, -0.25) is 4.79 Å². The van der Waals surface area contributed by atoms with Crippen molar-refractivity contribution in [2.45, 2.75) is 20.3 Å². The molecule has 0 aliphatic carbocycles. The molecule has 0 spiro atoms. The van der Waals surface area contributed by atoms with Crippen molar-refractivity contribution < 1.29 is 4.79 Å². The first-order valence-corrected chi connectivity index (χ1v) is 8.18. The summed E-state index contributed by atoms with van der Waals surface area (Å²) in [5, 5.41) is 12.3. The van der Waals surface area contributed by atoms with E-state index in [1.807, 2.05) is 24.3 Å². The number of aromatic nitrogens is 2. The van der Waals surface area contributed by atoms with Crippen LogP contribution in [0, 0.1) is 0 Å². The van der Waals surface area contributed by atoms with E-state index in [2.05, 4.69) is 39.5 Å². The van der Waals surface area contributed by atoms with Gasteiger partial charge in [0.25, 0.3) is 0 Å². The molecule has 0 saturated heterocycles. The molecule has 0 bridgehead atoms. The smallest absolute Gasteiger partial charge is 0.247 e. The van der Waals surface area contributed by atoms with Gasteiger partial charge < -0.3 is 10.6 Å². The van der Waals surface area contributed by atoms with Gasteiger partial charge in [-0.25, -0.2) is 5.43 Å². The molecule has 2 rings (SSSR count). The fraction of sp³-hybridized carbons (Fsp3) is 0.333. The summed E-state index contributed by atoms with van der Waals surface area (Å²) < 4.78 is 0. The number of rotatable bonds is 7. The minimum atomic E-state index is -0.253. The van der Waals surface area contributed by atoms with Gasteiger partial charge in [-0.2, -0.15) is 5.10 Å². The van der Waals surface area contributed by atoms with Crippen LogP contribution < -0.4 is 16.1 Å². The van der Waals surface area contributed by atoms with E-state index < -0.39 is 0 Å². The summed E-state index contributed by atoms with van der Waals surface area (Å²) in [7, 11) is 0. The largest absolute Gasteiger partial charge is 0.374 e. The van der Waals surface area contributed by atoms with Crippen molar-refractivity contribution in [1.29, 1.82) is 0 Å². The Labute approximate surface area is 139 Å². The van der Waals surface area contributed by atoms with Crippen molar-refractivity contribution in [2.24, 2.45) is 5.10 Å². The summed E-state index contributed by atoms with van der Waals surface area (Å²) in [5.74, 6) is -0.253. The summed E-state index contributed by atoms with van der Waals surface area (Å²) in [5.41, 5.74) is 10.0. The molecule has 7 nitrogen and oxygen atoms in total. The molecule has 0 radical (unpaired) electrons. The van der Waals surface area contributed by atoms with Crippen LogP contribution in [0.1, 0.15) is 24.4 Å². The molecular weight excluding hydrogens is 312 g/mol. The molecule has 0 unspecified atom stereocenters. The normalized spacial score (nSPS) is 10.9. The summed E-state index contributed by atoms with van der Waals surface area (Å²) in [4.78, 5) is 14.0. The van der Waals surface area contributed by atoms with E-state index in [0.717, 1.165) is 18.7 Å². The third-order valence-corrected chi connectivity index (χ3v) is 3.97. The zero-order valence-electron chi connectivity index (χ0n) is 13.2. The number of anilines is 2. The summed E-state index contributed by atoms with van der Waals surface area (Å²) in [6, 6.07) is 8.02. The molecule has 1 aromatic carbocycles. The van der Waals surface area contributed by atoms with Gasteiger partial charge in [0.05, 0.1) is 12.6 Å². The molecule has 0 atom stereocenters. The van der Waals surface area contributed by atoms with Crippen LogP contribution in [0.4, 0.5) is 10.8 Å². The summed E-state index contributed by atoms with van der Waals surface area (Å²) in [6.07, 6.45) is 1.73. The molecule has 0 fully saturated rings. The highest BCUT2D eigenvalue weighted by molar-refractivity contribution is 7.15. The van der Waals surface area contributed by atoms with Crippen molar-refractivity contribution in [1.82, 2.24) is 15.6 Å². The highest BCUT2D eigenvalue weighted by Gasteiger charge is 2.07. The van der Waals surface area contributed by atoms with Crippen LogP contribution >= 0.6 is 11.3 Å². The van der Waals surface area contributed by atoms with Gasteiger partial charge in [0.15, 0.2) is 0 Å². The summed E-state index contributed by atoms with van der Waals surface area (Å²) >= 11 is 1.19. The number of carbonyl (C=O) groups is 1. The Morgan fingerprint density at radius 2 is 2.00 bits per heavy atom. The SMILES string of the molecule is CCN(CC)c1ccc(/C=N\NC(=O)Cc2nnc(N)s2)cc1. The molecule has 0 aliphatic heterocycles. The van der Waals surface area contributed by atoms with Crippen molar-refractivity contribution in [3.05, 3.63) is 34.8 Å². The van der Waals surface area contributed by atoms with Gasteiger partial charge in [-0.1, -0.05) is 23.5 Å². The predicted molar refractivity (Wildman–Crippen MR) is 93.8 cm³/mol. The van der Waals surface area contributed by atoms with Crippen LogP contribution in [-0.2, 0) is 11.2 Å². The molecule has 23 heavy (non-hydrogen) atoms. The van der Waals surface area contributed by atoms with Gasteiger partial charge in [0, 0.05) is 18.8 Å². The van der Waals surface area contributed by atoms with Crippen LogP contribution in [0.25, 0.3) is 0 Å². The molecule has 0 aliphatic rings. The molecule has 2 aromatic rings. The molecular formula is C15H20N6OS. The van der Waals surface area contributed by atoms with E-state index in [-0.39, 0.29) is 12.3 Å². The van der Waals surface area contributed by atoms with Gasteiger partial charge in [-0.05, 0) is 31.5 Å². The Bertz CT molecular complexity index is 663. The van der Waals surface area contributed by atoms with Crippen LogP contribution in [0.2, 0.25) is 0 Å². The summed E-state index contributed by atoms with van der Waals surface area (Å²) in [6.45, 7) is 6.19. The fourth-order valence-electron chi connectivity index (χ4n) is 2.05. The van der Waals surface area contributed by atoms with Crippen LogP contribution in [-0.4, -0.2) is 35.4 Å². The quantitative estimate of drug-likeness (QED) is 0.594.